The molecule has 0 bridgehead atoms. The van der Waals surface area contributed by atoms with E-state index in [0.717, 1.165) is 20.6 Å². The Morgan fingerprint density at radius 1 is 1.00 bits per heavy atom. The Balaban J connectivity index is 1.78. The highest BCUT2D eigenvalue weighted by Crippen LogP contribution is 2.28. The first kappa shape index (κ1) is 15.1. The molecule has 6 heteroatoms. The minimum absolute atomic E-state index is 0.273. The summed E-state index contributed by atoms with van der Waals surface area (Å²) >= 11 is 1.59. The van der Waals surface area contributed by atoms with Crippen LogP contribution in [0.25, 0.3) is 21.0 Å². The summed E-state index contributed by atoms with van der Waals surface area (Å²) in [6, 6.07) is 18.1. The number of thiazole rings is 1. The molecule has 24 heavy (non-hydrogen) atoms. The van der Waals surface area contributed by atoms with Gasteiger partial charge in [0.25, 0.3) is 10.0 Å². The number of aryl methyl sites for hydroxylation is 1. The van der Waals surface area contributed by atoms with Gasteiger partial charge in [-0.05, 0) is 36.6 Å². The van der Waals surface area contributed by atoms with E-state index in [1.54, 1.807) is 35.6 Å². The van der Waals surface area contributed by atoms with Gasteiger partial charge in [0.05, 0.1) is 25.8 Å². The van der Waals surface area contributed by atoms with Crippen molar-refractivity contribution in [1.29, 1.82) is 0 Å². The average molecular weight is 354 g/mol. The zero-order chi connectivity index (χ0) is 16.7. The summed E-state index contributed by atoms with van der Waals surface area (Å²) in [5.41, 5.74) is 1.32. The first-order chi connectivity index (χ1) is 11.5. The lowest BCUT2D eigenvalue weighted by atomic mass is 10.1. The molecule has 1 aromatic heterocycles. The molecule has 0 amide bonds. The molecule has 1 heterocycles. The van der Waals surface area contributed by atoms with E-state index in [-0.39, 0.29) is 4.90 Å². The number of nitrogens with one attached hydrogen (secondary N) is 1. The highest BCUT2D eigenvalue weighted by atomic mass is 32.2. The summed E-state index contributed by atoms with van der Waals surface area (Å²) in [4.78, 5) is 4.68. The number of rotatable bonds is 3. The summed E-state index contributed by atoms with van der Waals surface area (Å²) in [5.74, 6) is 0. The standard InChI is InChI=1S/C18H14N2O2S2/c1-12-19-16-11-14(9-10-17(16)23-12)20-24(21,22)18-8-4-6-13-5-2-3-7-15(13)18/h2-11,20H,1H3. The van der Waals surface area contributed by atoms with Crippen LogP contribution in [0.1, 0.15) is 5.01 Å². The Morgan fingerprint density at radius 3 is 2.67 bits per heavy atom. The van der Waals surface area contributed by atoms with Gasteiger partial charge in [-0.25, -0.2) is 13.4 Å². The van der Waals surface area contributed by atoms with Crippen LogP contribution in [-0.2, 0) is 10.0 Å². The summed E-state index contributed by atoms with van der Waals surface area (Å²) in [5, 5.41) is 2.56. The molecule has 1 N–H and O–H groups in total. The van der Waals surface area contributed by atoms with Crippen molar-refractivity contribution in [2.45, 2.75) is 11.8 Å². The normalized spacial score (nSPS) is 11.9. The van der Waals surface area contributed by atoms with E-state index >= 15 is 0 Å². The molecule has 0 saturated carbocycles. The topological polar surface area (TPSA) is 59.1 Å². The van der Waals surface area contributed by atoms with Gasteiger partial charge < -0.3 is 0 Å². The molecule has 0 aliphatic carbocycles. The second kappa shape index (κ2) is 5.58. The maximum atomic E-state index is 12.8. The third-order valence-electron chi connectivity index (χ3n) is 3.79. The van der Waals surface area contributed by atoms with E-state index in [4.69, 9.17) is 0 Å². The number of fused-ring (bicyclic) bond motifs is 2. The molecule has 4 rings (SSSR count). The molecule has 120 valence electrons. The predicted molar refractivity (Wildman–Crippen MR) is 99.1 cm³/mol. The third-order valence-corrected chi connectivity index (χ3v) is 6.18. The number of benzene rings is 3. The number of nitrogens with zero attached hydrogens (tertiary/aromatic N) is 1. The van der Waals surface area contributed by atoms with E-state index in [9.17, 15) is 8.42 Å². The average Bonchev–Trinajstić information content (AvgIpc) is 2.93. The quantitative estimate of drug-likeness (QED) is 0.587. The molecular formula is C18H14N2O2S2. The first-order valence-electron chi connectivity index (χ1n) is 7.41. The van der Waals surface area contributed by atoms with Crippen molar-refractivity contribution in [2.75, 3.05) is 4.72 Å². The Morgan fingerprint density at radius 2 is 1.79 bits per heavy atom. The molecule has 4 nitrogen and oxygen atoms in total. The maximum absolute atomic E-state index is 12.8. The number of hydrogen-bond acceptors (Lipinski definition) is 4. The first-order valence-corrected chi connectivity index (χ1v) is 9.71. The summed E-state index contributed by atoms with van der Waals surface area (Å²) in [6.45, 7) is 1.94. The Hall–Kier alpha value is -2.44. The van der Waals surface area contributed by atoms with Crippen LogP contribution >= 0.6 is 11.3 Å². The van der Waals surface area contributed by atoms with Crippen LogP contribution < -0.4 is 4.72 Å². The van der Waals surface area contributed by atoms with Gasteiger partial charge in [-0.1, -0.05) is 36.4 Å². The highest BCUT2D eigenvalue weighted by molar-refractivity contribution is 7.93. The third kappa shape index (κ3) is 2.64. The fraction of sp³-hybridized carbons (Fsp3) is 0.0556. The molecule has 0 atom stereocenters. The van der Waals surface area contributed by atoms with Gasteiger partial charge >= 0.3 is 0 Å². The Bertz CT molecular complexity index is 1160. The monoisotopic (exact) mass is 354 g/mol. The highest BCUT2D eigenvalue weighted by Gasteiger charge is 2.17. The number of aromatic nitrogens is 1. The van der Waals surface area contributed by atoms with Gasteiger partial charge in [-0.15, -0.1) is 11.3 Å². The second-order valence-corrected chi connectivity index (χ2v) is 8.38. The predicted octanol–water partition coefficient (Wildman–Crippen LogP) is 4.56. The van der Waals surface area contributed by atoms with Gasteiger partial charge in [0.2, 0.25) is 0 Å². The zero-order valence-corrected chi connectivity index (χ0v) is 14.5. The van der Waals surface area contributed by atoms with E-state index in [2.05, 4.69) is 9.71 Å². The van der Waals surface area contributed by atoms with Crippen molar-refractivity contribution in [1.82, 2.24) is 4.98 Å². The van der Waals surface area contributed by atoms with E-state index < -0.39 is 10.0 Å². The van der Waals surface area contributed by atoms with Crippen molar-refractivity contribution in [3.63, 3.8) is 0 Å². The summed E-state index contributed by atoms with van der Waals surface area (Å²) in [7, 11) is -3.68. The van der Waals surface area contributed by atoms with E-state index in [1.165, 1.54) is 0 Å². The molecule has 0 saturated heterocycles. The molecule has 0 spiro atoms. The van der Waals surface area contributed by atoms with Crippen LogP contribution in [0, 0.1) is 6.92 Å². The van der Waals surface area contributed by atoms with Crippen molar-refractivity contribution in [2.24, 2.45) is 0 Å². The fourth-order valence-corrected chi connectivity index (χ4v) is 4.83. The van der Waals surface area contributed by atoms with Crippen LogP contribution in [0.3, 0.4) is 0 Å². The lowest BCUT2D eigenvalue weighted by molar-refractivity contribution is 0.602. The van der Waals surface area contributed by atoms with Crippen molar-refractivity contribution in [3.05, 3.63) is 65.7 Å². The molecule has 0 aliphatic heterocycles. The van der Waals surface area contributed by atoms with Crippen molar-refractivity contribution < 1.29 is 8.42 Å². The van der Waals surface area contributed by atoms with E-state index in [1.807, 2.05) is 43.3 Å². The van der Waals surface area contributed by atoms with Crippen LogP contribution in [0.15, 0.2) is 65.6 Å². The van der Waals surface area contributed by atoms with Gasteiger partial charge in [0.1, 0.15) is 0 Å². The minimum Gasteiger partial charge on any atom is -0.280 e. The van der Waals surface area contributed by atoms with E-state index in [0.29, 0.717) is 11.1 Å². The molecule has 0 radical (unpaired) electrons. The minimum atomic E-state index is -3.68. The van der Waals surface area contributed by atoms with Crippen molar-refractivity contribution in [3.8, 4) is 0 Å². The van der Waals surface area contributed by atoms with Gasteiger partial charge in [-0.3, -0.25) is 4.72 Å². The van der Waals surface area contributed by atoms with Gasteiger partial charge in [0, 0.05) is 5.39 Å². The number of hydrogen-bond donors (Lipinski definition) is 1. The Kier molecular flexibility index (Phi) is 3.51. The lowest BCUT2D eigenvalue weighted by Crippen LogP contribution is -2.13. The van der Waals surface area contributed by atoms with Crippen LogP contribution in [0.5, 0.6) is 0 Å². The number of sulfonamides is 1. The zero-order valence-electron chi connectivity index (χ0n) is 12.9. The fourth-order valence-electron chi connectivity index (χ4n) is 2.75. The molecular weight excluding hydrogens is 340 g/mol. The van der Waals surface area contributed by atoms with Crippen molar-refractivity contribution >= 4 is 48.0 Å². The van der Waals surface area contributed by atoms with Gasteiger partial charge in [-0.2, -0.15) is 0 Å². The SMILES string of the molecule is Cc1nc2cc(NS(=O)(=O)c3cccc4ccccc34)ccc2s1. The largest absolute Gasteiger partial charge is 0.280 e. The van der Waals surface area contributed by atoms with Crippen LogP contribution in [-0.4, -0.2) is 13.4 Å². The molecule has 0 aliphatic rings. The smallest absolute Gasteiger partial charge is 0.262 e. The molecule has 0 unspecified atom stereocenters. The summed E-state index contributed by atoms with van der Waals surface area (Å²) < 4.78 is 29.4. The maximum Gasteiger partial charge on any atom is 0.262 e. The number of anilines is 1. The summed E-state index contributed by atoms with van der Waals surface area (Å²) in [6.07, 6.45) is 0. The molecule has 4 aromatic rings. The second-order valence-electron chi connectivity index (χ2n) is 5.50. The van der Waals surface area contributed by atoms with Crippen LogP contribution in [0.4, 0.5) is 5.69 Å². The van der Waals surface area contributed by atoms with Crippen LogP contribution in [0.2, 0.25) is 0 Å². The molecule has 0 fully saturated rings. The lowest BCUT2D eigenvalue weighted by Gasteiger charge is -2.10. The molecule has 3 aromatic carbocycles. The Labute approximate surface area is 143 Å². The van der Waals surface area contributed by atoms with Gasteiger partial charge in [0.15, 0.2) is 0 Å².